The molecule has 0 bridgehead atoms. The van der Waals surface area contributed by atoms with Crippen LogP contribution < -0.4 is 0 Å². The summed E-state index contributed by atoms with van der Waals surface area (Å²) in [5, 5.41) is 10.5. The first kappa shape index (κ1) is 16.1. The number of hydrogen-bond acceptors (Lipinski definition) is 1. The lowest BCUT2D eigenvalue weighted by Gasteiger charge is -2.39. The van der Waals surface area contributed by atoms with Crippen molar-refractivity contribution in [2.75, 3.05) is 0 Å². The number of aliphatic hydroxyl groups excluding tert-OH is 1. The second kappa shape index (κ2) is 8.22. The molecule has 20 heavy (non-hydrogen) atoms. The molecule has 2 rings (SSSR count). The maximum absolute atomic E-state index is 10.5. The molecular weight excluding hydrogens is 244 g/mol. The Morgan fingerprint density at radius 2 is 1.75 bits per heavy atom. The predicted molar refractivity (Wildman–Crippen MR) is 86.6 cm³/mol. The number of rotatable bonds is 8. The SMILES string of the molecule is C=CC(CCCC)CC(O)C1CCC(C2CCC2)CC1. The number of unbranched alkanes of at least 4 members (excludes halogenated alkanes) is 1. The lowest BCUT2D eigenvalue weighted by Crippen LogP contribution is -2.31. The Kier molecular flexibility index (Phi) is 6.61. The van der Waals surface area contributed by atoms with Gasteiger partial charge in [-0.1, -0.05) is 45.1 Å². The van der Waals surface area contributed by atoms with Gasteiger partial charge in [-0.2, -0.15) is 0 Å². The Morgan fingerprint density at radius 3 is 2.25 bits per heavy atom. The van der Waals surface area contributed by atoms with Gasteiger partial charge in [0.2, 0.25) is 0 Å². The van der Waals surface area contributed by atoms with Gasteiger partial charge in [-0.3, -0.25) is 0 Å². The molecule has 1 N–H and O–H groups in total. The molecule has 0 heterocycles. The van der Waals surface area contributed by atoms with Gasteiger partial charge < -0.3 is 5.11 Å². The van der Waals surface area contributed by atoms with Gasteiger partial charge in [0.1, 0.15) is 0 Å². The zero-order chi connectivity index (χ0) is 14.4. The van der Waals surface area contributed by atoms with E-state index in [0.717, 1.165) is 18.3 Å². The fourth-order valence-electron chi connectivity index (χ4n) is 4.21. The quantitative estimate of drug-likeness (QED) is 0.594. The van der Waals surface area contributed by atoms with E-state index in [9.17, 15) is 5.11 Å². The lowest BCUT2D eigenvalue weighted by molar-refractivity contribution is 0.0410. The van der Waals surface area contributed by atoms with Gasteiger partial charge in [0.25, 0.3) is 0 Å². The summed E-state index contributed by atoms with van der Waals surface area (Å²) in [6.07, 6.45) is 16.3. The first-order chi connectivity index (χ1) is 9.74. The predicted octanol–water partition coefficient (Wildman–Crippen LogP) is 5.34. The van der Waals surface area contributed by atoms with E-state index in [4.69, 9.17) is 0 Å². The van der Waals surface area contributed by atoms with Crippen LogP contribution in [0.2, 0.25) is 0 Å². The first-order valence-electron chi connectivity index (χ1n) is 9.05. The summed E-state index contributed by atoms with van der Waals surface area (Å²) in [5.74, 6) is 3.12. The van der Waals surface area contributed by atoms with Gasteiger partial charge in [-0.05, 0) is 62.2 Å². The van der Waals surface area contributed by atoms with Crippen molar-refractivity contribution in [2.24, 2.45) is 23.7 Å². The van der Waals surface area contributed by atoms with Crippen molar-refractivity contribution in [1.82, 2.24) is 0 Å². The third-order valence-corrected chi connectivity index (χ3v) is 5.98. The summed E-state index contributed by atoms with van der Waals surface area (Å²) in [6.45, 7) is 6.19. The third-order valence-electron chi connectivity index (χ3n) is 5.98. The van der Waals surface area contributed by atoms with E-state index in [2.05, 4.69) is 19.6 Å². The van der Waals surface area contributed by atoms with Gasteiger partial charge in [0, 0.05) is 0 Å². The smallest absolute Gasteiger partial charge is 0.0574 e. The highest BCUT2D eigenvalue weighted by molar-refractivity contribution is 4.87. The van der Waals surface area contributed by atoms with Gasteiger partial charge >= 0.3 is 0 Å². The number of hydrogen-bond donors (Lipinski definition) is 1. The van der Waals surface area contributed by atoms with Gasteiger partial charge in [0.05, 0.1) is 6.10 Å². The van der Waals surface area contributed by atoms with E-state index in [-0.39, 0.29) is 6.10 Å². The molecule has 2 atom stereocenters. The van der Waals surface area contributed by atoms with Crippen LogP contribution in [0, 0.1) is 23.7 Å². The van der Waals surface area contributed by atoms with Crippen LogP contribution in [0.5, 0.6) is 0 Å². The molecule has 0 spiro atoms. The molecule has 116 valence electrons. The van der Waals surface area contributed by atoms with Crippen molar-refractivity contribution in [1.29, 1.82) is 0 Å². The molecule has 0 aromatic carbocycles. The first-order valence-corrected chi connectivity index (χ1v) is 9.05. The fraction of sp³-hybridized carbons (Fsp3) is 0.895. The molecule has 2 fully saturated rings. The van der Waals surface area contributed by atoms with Crippen LogP contribution in [0.3, 0.4) is 0 Å². The zero-order valence-electron chi connectivity index (χ0n) is 13.4. The molecule has 0 amide bonds. The average Bonchev–Trinajstić information content (AvgIpc) is 2.42. The minimum absolute atomic E-state index is 0.0859. The number of allylic oxidation sites excluding steroid dienone is 1. The van der Waals surface area contributed by atoms with E-state index < -0.39 is 0 Å². The zero-order valence-corrected chi connectivity index (χ0v) is 13.4. The standard InChI is InChI=1S/C19H34O/c1-3-5-7-15(4-2)14-19(20)18-12-10-17(11-13-18)16-8-6-9-16/h4,15-20H,2-3,5-14H2,1H3. The maximum Gasteiger partial charge on any atom is 0.0574 e. The summed E-state index contributed by atoms with van der Waals surface area (Å²) in [7, 11) is 0. The van der Waals surface area contributed by atoms with Crippen LogP contribution >= 0.6 is 0 Å². The Balaban J connectivity index is 1.70. The van der Waals surface area contributed by atoms with Crippen molar-refractivity contribution >= 4 is 0 Å². The van der Waals surface area contributed by atoms with Gasteiger partial charge in [0.15, 0.2) is 0 Å². The largest absolute Gasteiger partial charge is 0.393 e. The van der Waals surface area contributed by atoms with Gasteiger partial charge in [-0.25, -0.2) is 0 Å². The lowest BCUT2D eigenvalue weighted by atomic mass is 9.67. The molecule has 2 aliphatic carbocycles. The Morgan fingerprint density at radius 1 is 1.10 bits per heavy atom. The van der Waals surface area contributed by atoms with Crippen LogP contribution in [0.4, 0.5) is 0 Å². The molecule has 2 aliphatic rings. The summed E-state index contributed by atoms with van der Waals surface area (Å²) < 4.78 is 0. The minimum Gasteiger partial charge on any atom is -0.393 e. The Bertz CT molecular complexity index is 273. The molecule has 0 aliphatic heterocycles. The van der Waals surface area contributed by atoms with Gasteiger partial charge in [-0.15, -0.1) is 6.58 Å². The average molecular weight is 278 g/mol. The summed E-state index contributed by atoms with van der Waals surface area (Å²) in [6, 6.07) is 0. The normalized spacial score (nSPS) is 30.5. The highest BCUT2D eigenvalue weighted by Gasteiger charge is 2.33. The summed E-state index contributed by atoms with van der Waals surface area (Å²) in [4.78, 5) is 0. The highest BCUT2D eigenvalue weighted by Crippen LogP contribution is 2.43. The monoisotopic (exact) mass is 278 g/mol. The van der Waals surface area contributed by atoms with E-state index in [0.29, 0.717) is 11.8 Å². The topological polar surface area (TPSA) is 20.2 Å². The van der Waals surface area contributed by atoms with E-state index in [1.807, 2.05) is 0 Å². The van der Waals surface area contributed by atoms with Crippen LogP contribution in [0.25, 0.3) is 0 Å². The second-order valence-corrected chi connectivity index (χ2v) is 7.31. The molecule has 2 unspecified atom stereocenters. The molecule has 0 aromatic rings. The van der Waals surface area contributed by atoms with Crippen molar-refractivity contribution in [3.63, 3.8) is 0 Å². The Hall–Kier alpha value is -0.300. The van der Waals surface area contributed by atoms with Crippen LogP contribution in [0.1, 0.15) is 77.6 Å². The van der Waals surface area contributed by atoms with E-state index >= 15 is 0 Å². The number of aliphatic hydroxyl groups is 1. The second-order valence-electron chi connectivity index (χ2n) is 7.31. The van der Waals surface area contributed by atoms with Crippen molar-refractivity contribution in [3.8, 4) is 0 Å². The molecule has 0 saturated heterocycles. The minimum atomic E-state index is -0.0859. The molecule has 1 nitrogen and oxygen atoms in total. The molecule has 1 heteroatoms. The Labute approximate surface area is 125 Å². The van der Waals surface area contributed by atoms with Crippen LogP contribution in [-0.2, 0) is 0 Å². The molecular formula is C19H34O. The van der Waals surface area contributed by atoms with Crippen LogP contribution in [0.15, 0.2) is 12.7 Å². The van der Waals surface area contributed by atoms with E-state index in [1.54, 1.807) is 0 Å². The maximum atomic E-state index is 10.5. The third kappa shape index (κ3) is 4.35. The van der Waals surface area contributed by atoms with Crippen molar-refractivity contribution in [3.05, 3.63) is 12.7 Å². The molecule has 0 aromatic heterocycles. The van der Waals surface area contributed by atoms with Crippen LogP contribution in [-0.4, -0.2) is 11.2 Å². The summed E-state index contributed by atoms with van der Waals surface area (Å²) >= 11 is 0. The fourth-order valence-corrected chi connectivity index (χ4v) is 4.21. The van der Waals surface area contributed by atoms with Crippen molar-refractivity contribution in [2.45, 2.75) is 83.7 Å². The molecule has 2 saturated carbocycles. The molecule has 0 radical (unpaired) electrons. The highest BCUT2D eigenvalue weighted by atomic mass is 16.3. The summed E-state index contributed by atoms with van der Waals surface area (Å²) in [5.41, 5.74) is 0. The van der Waals surface area contributed by atoms with E-state index in [1.165, 1.54) is 64.2 Å². The van der Waals surface area contributed by atoms with Crippen molar-refractivity contribution < 1.29 is 5.11 Å².